The van der Waals surface area contributed by atoms with Crippen LogP contribution in [0.3, 0.4) is 0 Å². The molecule has 0 saturated heterocycles. The van der Waals surface area contributed by atoms with Gasteiger partial charge in [0.1, 0.15) is 0 Å². The lowest BCUT2D eigenvalue weighted by Crippen LogP contribution is -2.26. The van der Waals surface area contributed by atoms with Crippen LogP contribution >= 0.6 is 0 Å². The first kappa shape index (κ1) is 9.67. The van der Waals surface area contributed by atoms with Crippen molar-refractivity contribution in [3.8, 4) is 0 Å². The van der Waals surface area contributed by atoms with Crippen LogP contribution in [0.15, 0.2) is 24.5 Å². The van der Waals surface area contributed by atoms with Crippen molar-refractivity contribution in [2.24, 2.45) is 0 Å². The van der Waals surface area contributed by atoms with Gasteiger partial charge in [-0.15, -0.1) is 0 Å². The number of rotatable bonds is 3. The summed E-state index contributed by atoms with van der Waals surface area (Å²) >= 11 is 0. The quantitative estimate of drug-likeness (QED) is 0.673. The van der Waals surface area contributed by atoms with Crippen LogP contribution < -0.4 is 5.32 Å². The molecule has 0 unspecified atom stereocenters. The summed E-state index contributed by atoms with van der Waals surface area (Å²) in [6.45, 7) is 0.206. The van der Waals surface area contributed by atoms with Gasteiger partial charge >= 0.3 is 0 Å². The zero-order chi connectivity index (χ0) is 10.7. The first-order valence-electron chi connectivity index (χ1n) is 4.63. The lowest BCUT2D eigenvalue weighted by atomic mass is 10.2. The minimum Gasteiger partial charge on any atom is -0.395 e. The SMILES string of the molecule is O=C(NCCO)c1ccc2nc[nH]c2c1. The maximum atomic E-state index is 11.5. The molecule has 2 rings (SSSR count). The topological polar surface area (TPSA) is 78.0 Å². The summed E-state index contributed by atoms with van der Waals surface area (Å²) in [5, 5.41) is 11.2. The summed E-state index contributed by atoms with van der Waals surface area (Å²) in [5.41, 5.74) is 2.21. The highest BCUT2D eigenvalue weighted by Crippen LogP contribution is 2.11. The van der Waals surface area contributed by atoms with Gasteiger partial charge in [-0.25, -0.2) is 4.98 Å². The molecule has 78 valence electrons. The van der Waals surface area contributed by atoms with E-state index in [0.717, 1.165) is 11.0 Å². The van der Waals surface area contributed by atoms with E-state index in [1.165, 1.54) is 0 Å². The number of nitrogens with zero attached hydrogens (tertiary/aromatic N) is 1. The van der Waals surface area contributed by atoms with Crippen molar-refractivity contribution >= 4 is 16.9 Å². The van der Waals surface area contributed by atoms with E-state index in [0.29, 0.717) is 5.56 Å². The van der Waals surface area contributed by atoms with Crippen LogP contribution in [0.25, 0.3) is 11.0 Å². The molecule has 0 aliphatic heterocycles. The number of nitrogens with one attached hydrogen (secondary N) is 2. The Hall–Kier alpha value is -1.88. The molecule has 0 aliphatic rings. The van der Waals surface area contributed by atoms with Crippen LogP contribution in [0.5, 0.6) is 0 Å². The second kappa shape index (κ2) is 4.10. The number of aliphatic hydroxyl groups excluding tert-OH is 1. The molecule has 2 aromatic rings. The number of aromatic amines is 1. The molecule has 5 heteroatoms. The normalized spacial score (nSPS) is 10.5. The van der Waals surface area contributed by atoms with Gasteiger partial charge in [0.25, 0.3) is 5.91 Å². The van der Waals surface area contributed by atoms with Gasteiger partial charge in [0, 0.05) is 12.1 Å². The van der Waals surface area contributed by atoms with E-state index in [-0.39, 0.29) is 19.1 Å². The zero-order valence-electron chi connectivity index (χ0n) is 8.03. The lowest BCUT2D eigenvalue weighted by molar-refractivity contribution is 0.0945. The van der Waals surface area contributed by atoms with Gasteiger partial charge in [0.2, 0.25) is 0 Å². The second-order valence-electron chi connectivity index (χ2n) is 3.11. The number of carbonyl (C=O) groups is 1. The van der Waals surface area contributed by atoms with Crippen molar-refractivity contribution in [1.29, 1.82) is 0 Å². The average molecular weight is 205 g/mol. The van der Waals surface area contributed by atoms with E-state index in [1.807, 2.05) is 0 Å². The second-order valence-corrected chi connectivity index (χ2v) is 3.11. The Morgan fingerprint density at radius 1 is 1.53 bits per heavy atom. The molecule has 3 N–H and O–H groups in total. The number of aromatic nitrogens is 2. The van der Waals surface area contributed by atoms with E-state index < -0.39 is 0 Å². The van der Waals surface area contributed by atoms with Crippen molar-refractivity contribution in [1.82, 2.24) is 15.3 Å². The van der Waals surface area contributed by atoms with Crippen molar-refractivity contribution in [3.63, 3.8) is 0 Å². The third-order valence-corrected chi connectivity index (χ3v) is 2.08. The first-order valence-corrected chi connectivity index (χ1v) is 4.63. The van der Waals surface area contributed by atoms with Gasteiger partial charge in [0.05, 0.1) is 24.0 Å². The van der Waals surface area contributed by atoms with Crippen molar-refractivity contribution in [2.45, 2.75) is 0 Å². The molecular formula is C10H11N3O2. The molecule has 1 amide bonds. The molecule has 5 nitrogen and oxygen atoms in total. The molecule has 0 spiro atoms. The highest BCUT2D eigenvalue weighted by molar-refractivity contribution is 5.97. The number of aliphatic hydroxyl groups is 1. The molecule has 0 bridgehead atoms. The highest BCUT2D eigenvalue weighted by Gasteiger charge is 2.05. The van der Waals surface area contributed by atoms with Crippen LogP contribution in [0, 0.1) is 0 Å². The number of benzene rings is 1. The van der Waals surface area contributed by atoms with Crippen LogP contribution in [0.4, 0.5) is 0 Å². The number of H-pyrrole nitrogens is 1. The molecule has 0 radical (unpaired) electrons. The molecular weight excluding hydrogens is 194 g/mol. The van der Waals surface area contributed by atoms with E-state index in [2.05, 4.69) is 15.3 Å². The summed E-state index contributed by atoms with van der Waals surface area (Å²) in [5.74, 6) is -0.194. The smallest absolute Gasteiger partial charge is 0.251 e. The Morgan fingerprint density at radius 2 is 2.40 bits per heavy atom. The van der Waals surface area contributed by atoms with Crippen LogP contribution in [-0.4, -0.2) is 34.1 Å². The van der Waals surface area contributed by atoms with E-state index >= 15 is 0 Å². The van der Waals surface area contributed by atoms with Crippen molar-refractivity contribution in [2.75, 3.05) is 13.2 Å². The van der Waals surface area contributed by atoms with Crippen molar-refractivity contribution < 1.29 is 9.90 Å². The summed E-state index contributed by atoms with van der Waals surface area (Å²) in [6, 6.07) is 5.21. The van der Waals surface area contributed by atoms with Crippen LogP contribution in [0.1, 0.15) is 10.4 Å². The van der Waals surface area contributed by atoms with Gasteiger partial charge in [0.15, 0.2) is 0 Å². The minimum atomic E-state index is -0.194. The van der Waals surface area contributed by atoms with Crippen LogP contribution in [-0.2, 0) is 0 Å². The molecule has 1 aromatic heterocycles. The van der Waals surface area contributed by atoms with Gasteiger partial charge in [-0.1, -0.05) is 0 Å². The van der Waals surface area contributed by atoms with Crippen LogP contribution in [0.2, 0.25) is 0 Å². The molecule has 1 aromatic carbocycles. The number of hydrogen-bond donors (Lipinski definition) is 3. The molecule has 0 atom stereocenters. The molecule has 1 heterocycles. The third kappa shape index (κ3) is 1.97. The largest absolute Gasteiger partial charge is 0.395 e. The lowest BCUT2D eigenvalue weighted by Gasteiger charge is -2.02. The first-order chi connectivity index (χ1) is 7.31. The Bertz CT molecular complexity index is 478. The summed E-state index contributed by atoms with van der Waals surface area (Å²) in [6.07, 6.45) is 1.58. The Balaban J connectivity index is 2.23. The molecule has 0 saturated carbocycles. The van der Waals surface area contributed by atoms with Gasteiger partial charge < -0.3 is 15.4 Å². The maximum absolute atomic E-state index is 11.5. The Labute approximate surface area is 86.1 Å². The predicted molar refractivity (Wildman–Crippen MR) is 55.5 cm³/mol. The van der Waals surface area contributed by atoms with Gasteiger partial charge in [-0.2, -0.15) is 0 Å². The van der Waals surface area contributed by atoms with Crippen molar-refractivity contribution in [3.05, 3.63) is 30.1 Å². The summed E-state index contributed by atoms with van der Waals surface area (Å²) < 4.78 is 0. The number of fused-ring (bicyclic) bond motifs is 1. The fraction of sp³-hybridized carbons (Fsp3) is 0.200. The Kier molecular flexibility index (Phi) is 2.64. The average Bonchev–Trinajstić information content (AvgIpc) is 2.72. The fourth-order valence-electron chi connectivity index (χ4n) is 1.35. The molecule has 15 heavy (non-hydrogen) atoms. The molecule has 0 fully saturated rings. The maximum Gasteiger partial charge on any atom is 0.251 e. The third-order valence-electron chi connectivity index (χ3n) is 2.08. The zero-order valence-corrected chi connectivity index (χ0v) is 8.03. The van der Waals surface area contributed by atoms with E-state index in [9.17, 15) is 4.79 Å². The van der Waals surface area contributed by atoms with E-state index in [4.69, 9.17) is 5.11 Å². The van der Waals surface area contributed by atoms with Gasteiger partial charge in [-0.3, -0.25) is 4.79 Å². The standard InChI is InChI=1S/C10H11N3O2/c14-4-3-11-10(15)7-1-2-8-9(5-7)13-6-12-8/h1-2,5-6,14H,3-4H2,(H,11,15)(H,12,13). The Morgan fingerprint density at radius 3 is 3.20 bits per heavy atom. The monoisotopic (exact) mass is 205 g/mol. The summed E-state index contributed by atoms with van der Waals surface area (Å²) in [4.78, 5) is 18.5. The number of hydrogen-bond acceptors (Lipinski definition) is 3. The number of amides is 1. The highest BCUT2D eigenvalue weighted by atomic mass is 16.3. The fourth-order valence-corrected chi connectivity index (χ4v) is 1.35. The van der Waals surface area contributed by atoms with Gasteiger partial charge in [-0.05, 0) is 18.2 Å². The summed E-state index contributed by atoms with van der Waals surface area (Å²) in [7, 11) is 0. The molecule has 0 aliphatic carbocycles. The predicted octanol–water partition coefficient (Wildman–Crippen LogP) is 0.285. The minimum absolute atomic E-state index is 0.0575. The number of carbonyl (C=O) groups excluding carboxylic acids is 1. The van der Waals surface area contributed by atoms with E-state index in [1.54, 1.807) is 24.5 Å². The number of imidazole rings is 1.